The lowest BCUT2D eigenvalue weighted by Gasteiger charge is -2.08. The Balaban J connectivity index is 1.87. The molecule has 2 aromatic heterocycles. The first-order chi connectivity index (χ1) is 12.6. The Morgan fingerprint density at radius 3 is 2.62 bits per heavy atom. The second-order valence-electron chi connectivity index (χ2n) is 5.41. The van der Waals surface area contributed by atoms with Crippen molar-refractivity contribution in [2.45, 2.75) is 13.5 Å². The van der Waals surface area contributed by atoms with Gasteiger partial charge >= 0.3 is 0 Å². The van der Waals surface area contributed by atoms with Crippen molar-refractivity contribution in [3.8, 4) is 11.4 Å². The molecule has 2 heterocycles. The zero-order valence-corrected chi connectivity index (χ0v) is 15.4. The van der Waals surface area contributed by atoms with Crippen LogP contribution in [0, 0.1) is 0 Å². The van der Waals surface area contributed by atoms with Gasteiger partial charge in [0.1, 0.15) is 10.6 Å². The Labute approximate surface area is 159 Å². The van der Waals surface area contributed by atoms with Crippen molar-refractivity contribution < 1.29 is 9.59 Å². The number of benzene rings is 1. The van der Waals surface area contributed by atoms with Crippen molar-refractivity contribution in [1.29, 1.82) is 0 Å². The zero-order chi connectivity index (χ0) is 18.5. The second kappa shape index (κ2) is 8.07. The Kier molecular flexibility index (Phi) is 5.60. The summed E-state index contributed by atoms with van der Waals surface area (Å²) in [6.07, 6.45) is 1.63. The van der Waals surface area contributed by atoms with E-state index in [0.29, 0.717) is 27.0 Å². The summed E-state index contributed by atoms with van der Waals surface area (Å²) in [5.74, 6) is -0.629. The fraction of sp³-hybridized carbons (Fsp3) is 0.111. The molecule has 132 valence electrons. The van der Waals surface area contributed by atoms with Crippen LogP contribution in [0.1, 0.15) is 22.2 Å². The number of amides is 2. The molecule has 0 saturated heterocycles. The molecule has 0 spiro atoms. The molecular formula is C18H15ClN4O2S. The van der Waals surface area contributed by atoms with Crippen LogP contribution in [-0.2, 0) is 11.3 Å². The van der Waals surface area contributed by atoms with Gasteiger partial charge in [-0.1, -0.05) is 35.9 Å². The summed E-state index contributed by atoms with van der Waals surface area (Å²) < 4.78 is 4.31. The smallest absolute Gasteiger partial charge is 0.265 e. The molecule has 3 aromatic rings. The van der Waals surface area contributed by atoms with Crippen molar-refractivity contribution in [3.63, 3.8) is 0 Å². The van der Waals surface area contributed by atoms with Gasteiger partial charge in [0, 0.05) is 24.7 Å². The van der Waals surface area contributed by atoms with E-state index < -0.39 is 0 Å². The molecule has 3 rings (SSSR count). The molecule has 2 N–H and O–H groups in total. The van der Waals surface area contributed by atoms with Gasteiger partial charge in [-0.25, -0.2) is 0 Å². The van der Waals surface area contributed by atoms with Crippen molar-refractivity contribution in [2.24, 2.45) is 0 Å². The van der Waals surface area contributed by atoms with Gasteiger partial charge in [0.15, 0.2) is 0 Å². The number of halogens is 1. The normalized spacial score (nSPS) is 10.4. The fourth-order valence-electron chi connectivity index (χ4n) is 2.31. The topological polar surface area (TPSA) is 84.0 Å². The van der Waals surface area contributed by atoms with Crippen LogP contribution in [0.15, 0.2) is 48.7 Å². The van der Waals surface area contributed by atoms with E-state index in [2.05, 4.69) is 20.0 Å². The number of anilines is 1. The molecular weight excluding hydrogens is 372 g/mol. The summed E-state index contributed by atoms with van der Waals surface area (Å²) in [6, 6.07) is 12.6. The monoisotopic (exact) mass is 386 g/mol. The van der Waals surface area contributed by atoms with Gasteiger partial charge in [-0.05, 0) is 35.3 Å². The van der Waals surface area contributed by atoms with Crippen LogP contribution in [0.2, 0.25) is 5.02 Å². The van der Waals surface area contributed by atoms with Gasteiger partial charge in [-0.15, -0.1) is 0 Å². The van der Waals surface area contributed by atoms with E-state index in [1.54, 1.807) is 24.4 Å². The van der Waals surface area contributed by atoms with E-state index in [1.165, 1.54) is 6.92 Å². The maximum Gasteiger partial charge on any atom is 0.265 e. The van der Waals surface area contributed by atoms with Crippen LogP contribution in [0.5, 0.6) is 0 Å². The molecule has 0 aliphatic heterocycles. The molecule has 6 nitrogen and oxygen atoms in total. The summed E-state index contributed by atoms with van der Waals surface area (Å²) in [6.45, 7) is 1.65. The van der Waals surface area contributed by atoms with Gasteiger partial charge in [0.2, 0.25) is 5.91 Å². The summed E-state index contributed by atoms with van der Waals surface area (Å²) in [4.78, 5) is 28.8. The lowest BCUT2D eigenvalue weighted by Crippen LogP contribution is -2.23. The second-order valence-corrected chi connectivity index (χ2v) is 6.59. The number of carbonyl (C=O) groups excluding carboxylic acids is 2. The molecule has 1 aromatic carbocycles. The lowest BCUT2D eigenvalue weighted by atomic mass is 10.2. The van der Waals surface area contributed by atoms with Crippen LogP contribution >= 0.6 is 23.1 Å². The molecule has 0 saturated carbocycles. The number of carbonyl (C=O) groups is 2. The summed E-state index contributed by atoms with van der Waals surface area (Å²) in [5.41, 5.74) is 2.21. The third kappa shape index (κ3) is 4.07. The van der Waals surface area contributed by atoms with Crippen LogP contribution in [0.4, 0.5) is 5.69 Å². The Morgan fingerprint density at radius 1 is 1.15 bits per heavy atom. The standard InChI is InChI=1S/C18H15ClN4O2S/c1-11(24)22-16-15(14-8-4-5-9-20-14)23-26-17(16)18(25)21-10-12-6-2-3-7-13(12)19/h2-9H,10H2,1H3,(H,21,25)(H,22,24). The van der Waals surface area contributed by atoms with Gasteiger partial charge in [-0.3, -0.25) is 14.6 Å². The summed E-state index contributed by atoms with van der Waals surface area (Å²) >= 11 is 7.12. The quantitative estimate of drug-likeness (QED) is 0.699. The number of nitrogens with zero attached hydrogens (tertiary/aromatic N) is 2. The number of hydrogen-bond donors (Lipinski definition) is 2. The van der Waals surface area contributed by atoms with Crippen molar-refractivity contribution in [3.05, 3.63) is 64.1 Å². The molecule has 0 aliphatic carbocycles. The largest absolute Gasteiger partial charge is 0.347 e. The molecule has 26 heavy (non-hydrogen) atoms. The van der Waals surface area contributed by atoms with E-state index in [9.17, 15) is 9.59 Å². The Hall–Kier alpha value is -2.77. The fourth-order valence-corrected chi connectivity index (χ4v) is 3.28. The first kappa shape index (κ1) is 18.0. The third-order valence-corrected chi connectivity index (χ3v) is 4.72. The van der Waals surface area contributed by atoms with Gasteiger partial charge in [0.05, 0.1) is 11.4 Å². The molecule has 2 amide bonds. The Bertz CT molecular complexity index is 943. The van der Waals surface area contributed by atoms with Crippen molar-refractivity contribution in [2.75, 3.05) is 5.32 Å². The average Bonchev–Trinajstić information content (AvgIpc) is 3.04. The van der Waals surface area contributed by atoms with E-state index >= 15 is 0 Å². The SMILES string of the molecule is CC(=O)Nc1c(-c2ccccn2)nsc1C(=O)NCc1ccccc1Cl. The highest BCUT2D eigenvalue weighted by atomic mass is 35.5. The van der Waals surface area contributed by atoms with Crippen molar-refractivity contribution in [1.82, 2.24) is 14.7 Å². The molecule has 0 aliphatic rings. The minimum absolute atomic E-state index is 0.273. The molecule has 0 atom stereocenters. The highest BCUT2D eigenvalue weighted by Gasteiger charge is 2.22. The maximum absolute atomic E-state index is 12.6. The van der Waals surface area contributed by atoms with Gasteiger partial charge < -0.3 is 10.6 Å². The number of pyridine rings is 1. The van der Waals surface area contributed by atoms with E-state index in [0.717, 1.165) is 17.1 Å². The first-order valence-electron chi connectivity index (χ1n) is 7.76. The highest BCUT2D eigenvalue weighted by Crippen LogP contribution is 2.32. The predicted octanol–water partition coefficient (Wildman–Crippen LogP) is 3.75. The molecule has 0 bridgehead atoms. The molecule has 0 radical (unpaired) electrons. The van der Waals surface area contributed by atoms with Crippen LogP contribution < -0.4 is 10.6 Å². The minimum Gasteiger partial charge on any atom is -0.347 e. The number of hydrogen-bond acceptors (Lipinski definition) is 5. The van der Waals surface area contributed by atoms with E-state index in [4.69, 9.17) is 11.6 Å². The van der Waals surface area contributed by atoms with Gasteiger partial charge in [-0.2, -0.15) is 4.37 Å². The van der Waals surface area contributed by atoms with Crippen LogP contribution in [0.3, 0.4) is 0 Å². The minimum atomic E-state index is -0.339. The van der Waals surface area contributed by atoms with E-state index in [-0.39, 0.29) is 18.4 Å². The predicted molar refractivity (Wildman–Crippen MR) is 102 cm³/mol. The molecule has 0 unspecified atom stereocenters. The Morgan fingerprint density at radius 2 is 1.92 bits per heavy atom. The average molecular weight is 387 g/mol. The summed E-state index contributed by atoms with van der Waals surface area (Å²) in [5, 5.41) is 6.08. The van der Waals surface area contributed by atoms with Crippen molar-refractivity contribution >= 4 is 40.6 Å². The lowest BCUT2D eigenvalue weighted by molar-refractivity contribution is -0.114. The molecule has 8 heteroatoms. The third-order valence-electron chi connectivity index (χ3n) is 3.50. The number of aromatic nitrogens is 2. The molecule has 0 fully saturated rings. The zero-order valence-electron chi connectivity index (χ0n) is 13.8. The van der Waals surface area contributed by atoms with Crippen LogP contribution in [0.25, 0.3) is 11.4 Å². The van der Waals surface area contributed by atoms with Crippen LogP contribution in [-0.4, -0.2) is 21.2 Å². The highest BCUT2D eigenvalue weighted by molar-refractivity contribution is 7.09. The number of rotatable bonds is 5. The van der Waals surface area contributed by atoms with E-state index in [1.807, 2.05) is 24.3 Å². The number of nitrogens with one attached hydrogen (secondary N) is 2. The van der Waals surface area contributed by atoms with Gasteiger partial charge in [0.25, 0.3) is 5.91 Å². The maximum atomic E-state index is 12.6. The first-order valence-corrected chi connectivity index (χ1v) is 8.91. The summed E-state index contributed by atoms with van der Waals surface area (Å²) in [7, 11) is 0.